The summed E-state index contributed by atoms with van der Waals surface area (Å²) in [6.45, 7) is 1.45. The fourth-order valence-corrected chi connectivity index (χ4v) is 6.11. The van der Waals surface area contributed by atoms with Gasteiger partial charge in [0.25, 0.3) is 0 Å². The second-order valence-electron chi connectivity index (χ2n) is 9.78. The van der Waals surface area contributed by atoms with Gasteiger partial charge in [-0.15, -0.1) is 0 Å². The molecule has 3 heterocycles. The van der Waals surface area contributed by atoms with Crippen LogP contribution in [0.4, 0.5) is 11.4 Å². The molecule has 3 amide bonds. The minimum atomic E-state index is -0.966. The van der Waals surface area contributed by atoms with Gasteiger partial charge < -0.3 is 15.0 Å². The summed E-state index contributed by atoms with van der Waals surface area (Å²) in [5, 5.41) is 3.29. The van der Waals surface area contributed by atoms with Crippen LogP contribution in [0.25, 0.3) is 6.08 Å². The predicted octanol–water partition coefficient (Wildman–Crippen LogP) is 4.71. The van der Waals surface area contributed by atoms with Gasteiger partial charge in [0.15, 0.2) is 5.78 Å². The summed E-state index contributed by atoms with van der Waals surface area (Å²) in [4.78, 5) is 56.6. The second-order valence-corrected chi connectivity index (χ2v) is 10.2. The lowest BCUT2D eigenvalue weighted by Crippen LogP contribution is -2.46. The van der Waals surface area contributed by atoms with Crippen molar-refractivity contribution in [2.45, 2.75) is 19.0 Å². The van der Waals surface area contributed by atoms with E-state index < -0.39 is 35.7 Å². The number of fused-ring (bicyclic) bond motifs is 5. The van der Waals surface area contributed by atoms with Gasteiger partial charge in [0.1, 0.15) is 11.8 Å². The zero-order valence-corrected chi connectivity index (χ0v) is 21.9. The molecule has 0 saturated carbocycles. The number of Topliss-reactive ketones (excluding diaryl/α,β-unsaturated/α-hetero) is 1. The highest BCUT2D eigenvalue weighted by Crippen LogP contribution is 2.53. The van der Waals surface area contributed by atoms with Gasteiger partial charge in [-0.2, -0.15) is 0 Å². The van der Waals surface area contributed by atoms with Gasteiger partial charge in [-0.1, -0.05) is 35.9 Å². The molecule has 8 nitrogen and oxygen atoms in total. The molecule has 3 aromatic carbocycles. The fourth-order valence-electron chi connectivity index (χ4n) is 5.94. The van der Waals surface area contributed by atoms with Gasteiger partial charge in [0, 0.05) is 16.8 Å². The quantitative estimate of drug-likeness (QED) is 0.371. The van der Waals surface area contributed by atoms with Crippen molar-refractivity contribution in [3.63, 3.8) is 0 Å². The lowest BCUT2D eigenvalue weighted by atomic mass is 9.84. The molecular weight excluding hydrogens is 518 g/mol. The van der Waals surface area contributed by atoms with Crippen molar-refractivity contribution in [2.75, 3.05) is 17.3 Å². The van der Waals surface area contributed by atoms with Crippen LogP contribution < -0.4 is 15.0 Å². The third-order valence-electron chi connectivity index (χ3n) is 7.68. The highest BCUT2D eigenvalue weighted by molar-refractivity contribution is 6.31. The number of benzene rings is 3. The van der Waals surface area contributed by atoms with Gasteiger partial charge in [0.05, 0.1) is 36.4 Å². The Hall–Kier alpha value is -4.43. The first-order valence-electron chi connectivity index (χ1n) is 12.5. The molecule has 9 heteroatoms. The van der Waals surface area contributed by atoms with Crippen molar-refractivity contribution < 1.29 is 23.9 Å². The number of amides is 3. The Bertz CT molecular complexity index is 1570. The molecule has 0 spiro atoms. The minimum absolute atomic E-state index is 0.119. The Kier molecular flexibility index (Phi) is 5.99. The number of anilines is 2. The number of halogens is 1. The third kappa shape index (κ3) is 3.90. The van der Waals surface area contributed by atoms with E-state index in [9.17, 15) is 19.2 Å². The topological polar surface area (TPSA) is 96.0 Å². The average Bonchev–Trinajstić information content (AvgIpc) is 3.41. The number of ketones is 1. The maximum absolute atomic E-state index is 14.0. The first-order chi connectivity index (χ1) is 18.8. The second kappa shape index (κ2) is 9.39. The van der Waals surface area contributed by atoms with E-state index in [2.05, 4.69) is 5.32 Å². The number of imide groups is 1. The van der Waals surface area contributed by atoms with Crippen molar-refractivity contribution in [2.24, 2.45) is 11.8 Å². The fraction of sp³-hybridized carbons (Fsp3) is 0.200. The van der Waals surface area contributed by atoms with Crippen LogP contribution in [0.1, 0.15) is 34.5 Å². The number of ether oxygens (including phenoxy) is 1. The maximum atomic E-state index is 14.0. The normalized spacial score (nSPS) is 22.8. The van der Waals surface area contributed by atoms with Gasteiger partial charge in [-0.3, -0.25) is 19.2 Å². The lowest BCUT2D eigenvalue weighted by molar-refractivity contribution is -0.128. The molecule has 39 heavy (non-hydrogen) atoms. The van der Waals surface area contributed by atoms with Crippen LogP contribution in [0.3, 0.4) is 0 Å². The highest BCUT2D eigenvalue weighted by atomic mass is 35.5. The Morgan fingerprint density at radius 3 is 2.38 bits per heavy atom. The SMILES string of the molecule is COc1ccc(Cl)cc1NC(=O)[C@@H]1[C@@H]2C(=O)N(c3ccc(C(C)=O)cc3)C(=O)[C@H]2[C@H]2c3ccccc3C=CN12. The van der Waals surface area contributed by atoms with E-state index in [1.54, 1.807) is 48.7 Å². The van der Waals surface area contributed by atoms with E-state index in [0.717, 1.165) is 16.0 Å². The molecule has 0 radical (unpaired) electrons. The van der Waals surface area contributed by atoms with E-state index >= 15 is 0 Å². The standard InChI is InChI=1S/C30H24ClN3O5/c1-16(35)17-7-10-20(11-8-17)34-29(37)24-25(30(34)38)27(28(36)32-22-15-19(31)9-12-23(22)39-2)33-14-13-18-5-3-4-6-21(18)26(24)33/h3-15,24-27H,1-2H3,(H,32,36)/t24-,25-,26-,27+/m1/s1. The third-order valence-corrected chi connectivity index (χ3v) is 7.92. The lowest BCUT2D eigenvalue weighted by Gasteiger charge is -2.35. The molecular formula is C30H24ClN3O5. The van der Waals surface area contributed by atoms with E-state index in [0.29, 0.717) is 27.7 Å². The number of methoxy groups -OCH3 is 1. The summed E-state index contributed by atoms with van der Waals surface area (Å²) in [7, 11) is 1.49. The number of carbonyl (C=O) groups is 4. The zero-order chi connectivity index (χ0) is 27.4. The van der Waals surface area contributed by atoms with Crippen LogP contribution in [0.15, 0.2) is 72.9 Å². The number of nitrogens with one attached hydrogen (secondary N) is 1. The van der Waals surface area contributed by atoms with Crippen molar-refractivity contribution in [1.82, 2.24) is 4.90 Å². The summed E-state index contributed by atoms with van der Waals surface area (Å²) in [5.41, 5.74) is 3.01. The van der Waals surface area contributed by atoms with Crippen LogP contribution in [-0.4, -0.2) is 41.6 Å². The summed E-state index contributed by atoms with van der Waals surface area (Å²) in [5.74, 6) is -2.71. The first kappa shape index (κ1) is 24.9. The summed E-state index contributed by atoms with van der Waals surface area (Å²) in [6, 6.07) is 17.4. The monoisotopic (exact) mass is 541 g/mol. The smallest absolute Gasteiger partial charge is 0.248 e. The van der Waals surface area contributed by atoms with E-state index in [-0.39, 0.29) is 11.7 Å². The van der Waals surface area contributed by atoms with Crippen molar-refractivity contribution >= 4 is 52.6 Å². The molecule has 2 saturated heterocycles. The molecule has 3 aliphatic heterocycles. The van der Waals surface area contributed by atoms with E-state index in [1.165, 1.54) is 14.0 Å². The van der Waals surface area contributed by atoms with Crippen LogP contribution in [0.5, 0.6) is 5.75 Å². The minimum Gasteiger partial charge on any atom is -0.495 e. The maximum Gasteiger partial charge on any atom is 0.248 e. The Labute approximate surface area is 229 Å². The Balaban J connectivity index is 1.43. The van der Waals surface area contributed by atoms with Crippen LogP contribution in [0, 0.1) is 11.8 Å². The molecule has 196 valence electrons. The molecule has 4 atom stereocenters. The van der Waals surface area contributed by atoms with E-state index in [1.807, 2.05) is 35.2 Å². The Morgan fingerprint density at radius 2 is 1.67 bits per heavy atom. The summed E-state index contributed by atoms with van der Waals surface area (Å²) >= 11 is 6.18. The number of nitrogens with zero attached hydrogens (tertiary/aromatic N) is 2. The molecule has 0 aliphatic carbocycles. The van der Waals surface area contributed by atoms with Crippen molar-refractivity contribution in [1.29, 1.82) is 0 Å². The van der Waals surface area contributed by atoms with Crippen molar-refractivity contribution in [3.05, 3.63) is 94.6 Å². The molecule has 0 unspecified atom stereocenters. The zero-order valence-electron chi connectivity index (χ0n) is 21.1. The van der Waals surface area contributed by atoms with Crippen molar-refractivity contribution in [3.8, 4) is 5.75 Å². The van der Waals surface area contributed by atoms with Crippen LogP contribution >= 0.6 is 11.6 Å². The van der Waals surface area contributed by atoms with Crippen LogP contribution in [-0.2, 0) is 14.4 Å². The highest BCUT2D eigenvalue weighted by Gasteiger charge is 2.64. The molecule has 6 rings (SSSR count). The van der Waals surface area contributed by atoms with Gasteiger partial charge >= 0.3 is 0 Å². The average molecular weight is 542 g/mol. The van der Waals surface area contributed by atoms with Gasteiger partial charge in [-0.05, 0) is 66.6 Å². The van der Waals surface area contributed by atoms with Gasteiger partial charge in [-0.25, -0.2) is 4.90 Å². The van der Waals surface area contributed by atoms with Crippen LogP contribution in [0.2, 0.25) is 5.02 Å². The number of hydrogen-bond donors (Lipinski definition) is 1. The summed E-state index contributed by atoms with van der Waals surface area (Å²) in [6.07, 6.45) is 3.68. The van der Waals surface area contributed by atoms with Gasteiger partial charge in [0.2, 0.25) is 17.7 Å². The van der Waals surface area contributed by atoms with E-state index in [4.69, 9.17) is 16.3 Å². The molecule has 0 aromatic heterocycles. The predicted molar refractivity (Wildman–Crippen MR) is 146 cm³/mol. The Morgan fingerprint density at radius 1 is 0.949 bits per heavy atom. The summed E-state index contributed by atoms with van der Waals surface area (Å²) < 4.78 is 5.39. The largest absolute Gasteiger partial charge is 0.495 e. The number of hydrogen-bond acceptors (Lipinski definition) is 6. The number of rotatable bonds is 5. The number of carbonyl (C=O) groups excluding carboxylic acids is 4. The molecule has 3 aliphatic rings. The first-order valence-corrected chi connectivity index (χ1v) is 12.9. The molecule has 1 N–H and O–H groups in total. The molecule has 2 fully saturated rings. The molecule has 0 bridgehead atoms. The molecule has 3 aromatic rings.